The number of rotatable bonds is 3. The Hall–Kier alpha value is -1.81. The molecule has 2 N–H and O–H groups in total. The minimum Gasteiger partial charge on any atom is -0.484 e. The van der Waals surface area contributed by atoms with Crippen LogP contribution in [0.5, 0.6) is 5.75 Å². The SMILES string of the molecule is Nc1cc(Cl)c(OCc2ccccc2)c(F)c1F. The molecule has 0 aromatic heterocycles. The summed E-state index contributed by atoms with van der Waals surface area (Å²) in [6, 6.07) is 10.2. The van der Waals surface area contributed by atoms with Crippen LogP contribution >= 0.6 is 11.6 Å². The lowest BCUT2D eigenvalue weighted by Gasteiger charge is -2.10. The lowest BCUT2D eigenvalue weighted by molar-refractivity contribution is 0.285. The van der Waals surface area contributed by atoms with Gasteiger partial charge >= 0.3 is 0 Å². The highest BCUT2D eigenvalue weighted by Gasteiger charge is 2.17. The Morgan fingerprint density at radius 1 is 1.11 bits per heavy atom. The van der Waals surface area contributed by atoms with Crippen LogP contribution in [0.2, 0.25) is 5.02 Å². The van der Waals surface area contributed by atoms with Crippen molar-refractivity contribution in [1.29, 1.82) is 0 Å². The predicted molar refractivity (Wildman–Crippen MR) is 66.6 cm³/mol. The molecule has 0 aliphatic rings. The van der Waals surface area contributed by atoms with Gasteiger partial charge in [-0.1, -0.05) is 41.9 Å². The summed E-state index contributed by atoms with van der Waals surface area (Å²) in [5, 5.41) is -0.0534. The molecule has 2 aromatic rings. The van der Waals surface area contributed by atoms with Crippen molar-refractivity contribution < 1.29 is 13.5 Å². The zero-order valence-corrected chi connectivity index (χ0v) is 10.0. The molecule has 2 nitrogen and oxygen atoms in total. The summed E-state index contributed by atoms with van der Waals surface area (Å²) < 4.78 is 32.0. The number of nitrogen functional groups attached to an aromatic ring is 1. The Bertz CT molecular complexity index is 561. The van der Waals surface area contributed by atoms with E-state index >= 15 is 0 Å². The van der Waals surface area contributed by atoms with Gasteiger partial charge in [0.2, 0.25) is 5.82 Å². The van der Waals surface area contributed by atoms with Gasteiger partial charge < -0.3 is 10.5 Å². The molecule has 0 radical (unpaired) electrons. The van der Waals surface area contributed by atoms with Crippen LogP contribution in [-0.4, -0.2) is 0 Å². The molecule has 2 rings (SSSR count). The van der Waals surface area contributed by atoms with Crippen LogP contribution in [-0.2, 0) is 6.61 Å². The van der Waals surface area contributed by atoms with E-state index in [1.165, 1.54) is 0 Å². The molecule has 0 spiro atoms. The van der Waals surface area contributed by atoms with E-state index in [2.05, 4.69) is 0 Å². The lowest BCUT2D eigenvalue weighted by Crippen LogP contribution is -2.02. The topological polar surface area (TPSA) is 35.2 Å². The van der Waals surface area contributed by atoms with E-state index in [0.717, 1.165) is 11.6 Å². The first-order chi connectivity index (χ1) is 8.59. The van der Waals surface area contributed by atoms with Gasteiger partial charge in [-0.05, 0) is 11.6 Å². The summed E-state index contributed by atoms with van der Waals surface area (Å²) in [6.45, 7) is 0.0981. The van der Waals surface area contributed by atoms with Crippen LogP contribution in [0, 0.1) is 11.6 Å². The van der Waals surface area contributed by atoms with Crippen molar-refractivity contribution in [2.75, 3.05) is 5.73 Å². The molecule has 0 aliphatic carbocycles. The van der Waals surface area contributed by atoms with Gasteiger partial charge in [0.1, 0.15) is 6.61 Å². The van der Waals surface area contributed by atoms with Gasteiger partial charge in [0.15, 0.2) is 11.6 Å². The molecule has 0 unspecified atom stereocenters. The second kappa shape index (κ2) is 5.23. The Balaban J connectivity index is 2.22. The maximum Gasteiger partial charge on any atom is 0.204 e. The fourth-order valence-electron chi connectivity index (χ4n) is 1.46. The minimum absolute atomic E-state index is 0.0534. The molecule has 18 heavy (non-hydrogen) atoms. The number of hydrogen-bond donors (Lipinski definition) is 1. The summed E-state index contributed by atoms with van der Waals surface area (Å²) >= 11 is 5.76. The zero-order valence-electron chi connectivity index (χ0n) is 9.29. The number of ether oxygens (including phenoxy) is 1. The third-order valence-corrected chi connectivity index (χ3v) is 2.65. The number of benzene rings is 2. The van der Waals surface area contributed by atoms with Gasteiger partial charge in [-0.15, -0.1) is 0 Å². The average Bonchev–Trinajstić information content (AvgIpc) is 2.37. The molecule has 0 saturated carbocycles. The molecule has 0 fully saturated rings. The van der Waals surface area contributed by atoms with Crippen LogP contribution < -0.4 is 10.5 Å². The van der Waals surface area contributed by atoms with E-state index in [0.29, 0.717) is 0 Å². The molecule has 0 heterocycles. The third kappa shape index (κ3) is 2.54. The fourth-order valence-corrected chi connectivity index (χ4v) is 1.71. The maximum absolute atomic E-state index is 13.6. The number of halogens is 3. The average molecular weight is 270 g/mol. The quantitative estimate of drug-likeness (QED) is 0.680. The Kier molecular flexibility index (Phi) is 3.67. The smallest absolute Gasteiger partial charge is 0.204 e. The van der Waals surface area contributed by atoms with Crippen molar-refractivity contribution in [3.8, 4) is 5.75 Å². The van der Waals surface area contributed by atoms with Crippen LogP contribution in [0.1, 0.15) is 5.56 Å². The van der Waals surface area contributed by atoms with Crippen molar-refractivity contribution in [3.63, 3.8) is 0 Å². The zero-order chi connectivity index (χ0) is 13.1. The van der Waals surface area contributed by atoms with Gasteiger partial charge in [0, 0.05) is 0 Å². The molecule has 0 aliphatic heterocycles. The van der Waals surface area contributed by atoms with Crippen molar-refractivity contribution in [1.82, 2.24) is 0 Å². The molecule has 0 saturated heterocycles. The van der Waals surface area contributed by atoms with Crippen LogP contribution in [0.4, 0.5) is 14.5 Å². The minimum atomic E-state index is -1.17. The normalized spacial score (nSPS) is 10.4. The van der Waals surface area contributed by atoms with E-state index in [4.69, 9.17) is 22.1 Å². The van der Waals surface area contributed by atoms with Crippen molar-refractivity contribution in [2.24, 2.45) is 0 Å². The van der Waals surface area contributed by atoms with Gasteiger partial charge in [-0.3, -0.25) is 0 Å². The Morgan fingerprint density at radius 3 is 2.44 bits per heavy atom. The second-order valence-electron chi connectivity index (χ2n) is 3.68. The van der Waals surface area contributed by atoms with E-state index < -0.39 is 11.6 Å². The predicted octanol–water partition coefficient (Wildman–Crippen LogP) is 3.78. The van der Waals surface area contributed by atoms with Gasteiger partial charge in [0.25, 0.3) is 0 Å². The summed E-state index contributed by atoms with van der Waals surface area (Å²) in [6.07, 6.45) is 0. The number of anilines is 1. The van der Waals surface area contributed by atoms with E-state index in [1.807, 2.05) is 18.2 Å². The Labute approximate surface area is 108 Å². The van der Waals surface area contributed by atoms with Crippen molar-refractivity contribution in [2.45, 2.75) is 6.61 Å². The highest BCUT2D eigenvalue weighted by Crippen LogP contribution is 2.33. The maximum atomic E-state index is 13.6. The van der Waals surface area contributed by atoms with Gasteiger partial charge in [-0.2, -0.15) is 4.39 Å². The summed E-state index contributed by atoms with van der Waals surface area (Å²) in [5.41, 5.74) is 5.72. The highest BCUT2D eigenvalue weighted by atomic mass is 35.5. The molecule has 5 heteroatoms. The monoisotopic (exact) mass is 269 g/mol. The first kappa shape index (κ1) is 12.6. The van der Waals surface area contributed by atoms with Gasteiger partial charge in [-0.25, -0.2) is 4.39 Å². The van der Waals surface area contributed by atoms with E-state index in [9.17, 15) is 8.78 Å². The summed E-state index contributed by atoms with van der Waals surface area (Å²) in [5.74, 6) is -2.65. The summed E-state index contributed by atoms with van der Waals surface area (Å²) in [4.78, 5) is 0. The third-order valence-electron chi connectivity index (χ3n) is 2.37. The molecule has 94 valence electrons. The van der Waals surface area contributed by atoms with Crippen LogP contribution in [0.15, 0.2) is 36.4 Å². The standard InChI is InChI=1S/C13H10ClF2NO/c14-9-6-10(17)11(15)12(16)13(9)18-7-8-4-2-1-3-5-8/h1-6H,7,17H2. The molecule has 0 amide bonds. The molecule has 2 aromatic carbocycles. The van der Waals surface area contributed by atoms with Crippen molar-refractivity contribution >= 4 is 17.3 Å². The van der Waals surface area contributed by atoms with Crippen LogP contribution in [0.3, 0.4) is 0 Å². The molecular formula is C13H10ClF2NO. The number of hydrogen-bond acceptors (Lipinski definition) is 2. The van der Waals surface area contributed by atoms with E-state index in [1.54, 1.807) is 12.1 Å². The Morgan fingerprint density at radius 2 is 1.78 bits per heavy atom. The van der Waals surface area contributed by atoms with E-state index in [-0.39, 0.29) is 23.1 Å². The second-order valence-corrected chi connectivity index (χ2v) is 4.09. The fraction of sp³-hybridized carbons (Fsp3) is 0.0769. The van der Waals surface area contributed by atoms with Crippen LogP contribution in [0.25, 0.3) is 0 Å². The first-order valence-electron chi connectivity index (χ1n) is 5.19. The molecule has 0 atom stereocenters. The molecule has 0 bridgehead atoms. The first-order valence-corrected chi connectivity index (χ1v) is 5.57. The number of nitrogens with two attached hydrogens (primary N) is 1. The van der Waals surface area contributed by atoms with Gasteiger partial charge in [0.05, 0.1) is 10.7 Å². The largest absolute Gasteiger partial charge is 0.484 e. The summed E-state index contributed by atoms with van der Waals surface area (Å²) in [7, 11) is 0. The highest BCUT2D eigenvalue weighted by molar-refractivity contribution is 6.32. The van der Waals surface area contributed by atoms with Crippen molar-refractivity contribution in [3.05, 3.63) is 58.6 Å². The lowest BCUT2D eigenvalue weighted by atomic mass is 10.2. The molecular weight excluding hydrogens is 260 g/mol.